The Kier molecular flexibility index (Phi) is 8.86. The van der Waals surface area contributed by atoms with E-state index in [9.17, 15) is 4.79 Å². The molecule has 0 saturated carbocycles. The Morgan fingerprint density at radius 2 is 1.95 bits per heavy atom. The molecule has 0 aliphatic carbocycles. The smallest absolute Gasteiger partial charge is 0.257 e. The van der Waals surface area contributed by atoms with Crippen LogP contribution in [-0.2, 0) is 4.74 Å². The first-order chi connectivity index (χ1) is 18.4. The molecule has 2 heterocycles. The molecule has 3 aromatic rings. The highest BCUT2D eigenvalue weighted by Gasteiger charge is 2.33. The number of piperidine rings is 1. The molecule has 4 rings (SSSR count). The van der Waals surface area contributed by atoms with Crippen molar-refractivity contribution in [1.29, 1.82) is 0 Å². The summed E-state index contributed by atoms with van der Waals surface area (Å²) in [6.07, 6.45) is 5.41. The number of methoxy groups -OCH3 is 1. The maximum Gasteiger partial charge on any atom is 0.257 e. The monoisotopic (exact) mass is 534 g/mol. The van der Waals surface area contributed by atoms with Gasteiger partial charge in [0.05, 0.1) is 18.7 Å². The van der Waals surface area contributed by atoms with Crippen LogP contribution in [0.25, 0.3) is 11.5 Å². The lowest BCUT2D eigenvalue weighted by atomic mass is 9.81. The number of aromatic nitrogens is 2. The number of carbonyl (C=O) groups is 1. The number of hydrogen-bond donors (Lipinski definition) is 1. The standard InChI is InChI=1S/C29H31ClN4O4/c1-19(4-11-25(30)16-31)37-18-24-14-15-34(17-27(24)21-9-12-26(36-3)13-10-21)29(35)23-7-5-22(6-8-23)28-32-20(2)33-38-28/h4-13,16,24,27H,1,14-15,17-18,31H2,2-3H3/b11-4-,25-16+. The van der Waals surface area contributed by atoms with Gasteiger partial charge in [-0.3, -0.25) is 4.79 Å². The van der Waals surface area contributed by atoms with Crippen molar-refractivity contribution in [1.82, 2.24) is 15.0 Å². The molecular weight excluding hydrogens is 504 g/mol. The highest BCUT2D eigenvalue weighted by Crippen LogP contribution is 2.35. The number of aryl methyl sites for hydroxylation is 1. The number of allylic oxidation sites excluding steroid dienone is 3. The lowest BCUT2D eigenvalue weighted by Gasteiger charge is -2.39. The van der Waals surface area contributed by atoms with E-state index >= 15 is 0 Å². The van der Waals surface area contributed by atoms with E-state index in [0.29, 0.717) is 47.8 Å². The van der Waals surface area contributed by atoms with Gasteiger partial charge in [0.1, 0.15) is 11.5 Å². The number of ether oxygens (including phenoxy) is 2. The molecule has 198 valence electrons. The molecule has 2 atom stereocenters. The van der Waals surface area contributed by atoms with E-state index in [1.807, 2.05) is 41.3 Å². The van der Waals surface area contributed by atoms with Crippen molar-refractivity contribution in [3.8, 4) is 17.2 Å². The minimum Gasteiger partial charge on any atom is -0.497 e. The number of hydrogen-bond acceptors (Lipinski definition) is 7. The van der Waals surface area contributed by atoms with E-state index in [1.165, 1.54) is 6.20 Å². The maximum absolute atomic E-state index is 13.5. The van der Waals surface area contributed by atoms with Gasteiger partial charge in [0.15, 0.2) is 5.82 Å². The normalized spacial score (nSPS) is 18.0. The van der Waals surface area contributed by atoms with Gasteiger partial charge in [0.2, 0.25) is 0 Å². The Hall–Kier alpha value is -4.04. The van der Waals surface area contributed by atoms with Gasteiger partial charge in [-0.2, -0.15) is 4.98 Å². The summed E-state index contributed by atoms with van der Waals surface area (Å²) in [7, 11) is 1.64. The lowest BCUT2D eigenvalue weighted by molar-refractivity contribution is 0.0575. The number of likely N-dealkylation sites (tertiary alicyclic amines) is 1. The first-order valence-electron chi connectivity index (χ1n) is 12.3. The van der Waals surface area contributed by atoms with Gasteiger partial charge >= 0.3 is 0 Å². The first-order valence-corrected chi connectivity index (χ1v) is 12.7. The highest BCUT2D eigenvalue weighted by molar-refractivity contribution is 6.31. The van der Waals surface area contributed by atoms with E-state index in [2.05, 4.69) is 16.7 Å². The van der Waals surface area contributed by atoms with E-state index in [1.54, 1.807) is 38.3 Å². The minimum atomic E-state index is -0.0216. The zero-order valence-electron chi connectivity index (χ0n) is 21.5. The molecule has 2 N–H and O–H groups in total. The number of amides is 1. The fourth-order valence-corrected chi connectivity index (χ4v) is 4.52. The lowest BCUT2D eigenvalue weighted by Crippen LogP contribution is -2.44. The van der Waals surface area contributed by atoms with Crippen LogP contribution in [0.1, 0.15) is 34.1 Å². The highest BCUT2D eigenvalue weighted by atomic mass is 35.5. The predicted molar refractivity (Wildman–Crippen MR) is 147 cm³/mol. The number of carbonyl (C=O) groups excluding carboxylic acids is 1. The van der Waals surface area contributed by atoms with Gasteiger partial charge in [-0.1, -0.05) is 35.5 Å². The summed E-state index contributed by atoms with van der Waals surface area (Å²) in [5.74, 6) is 2.50. The van der Waals surface area contributed by atoms with Crippen LogP contribution in [0.4, 0.5) is 0 Å². The van der Waals surface area contributed by atoms with Gasteiger partial charge in [0, 0.05) is 42.3 Å². The van der Waals surface area contributed by atoms with Crippen molar-refractivity contribution in [2.75, 3.05) is 26.8 Å². The SMILES string of the molecule is C=C(/C=C\C(Cl)=C/N)OCC1CCN(C(=O)c2ccc(-c3nc(C)no3)cc2)CC1c1ccc(OC)cc1. The molecule has 1 aromatic heterocycles. The molecule has 0 spiro atoms. The molecule has 1 saturated heterocycles. The molecule has 2 unspecified atom stereocenters. The Morgan fingerprint density at radius 3 is 2.58 bits per heavy atom. The largest absolute Gasteiger partial charge is 0.497 e. The molecule has 0 bridgehead atoms. The molecule has 1 aliphatic heterocycles. The first kappa shape index (κ1) is 27.0. The molecule has 38 heavy (non-hydrogen) atoms. The summed E-state index contributed by atoms with van der Waals surface area (Å²) in [4.78, 5) is 19.6. The Balaban J connectivity index is 1.48. The van der Waals surface area contributed by atoms with Crippen LogP contribution in [0.5, 0.6) is 5.75 Å². The Morgan fingerprint density at radius 1 is 1.21 bits per heavy atom. The van der Waals surface area contributed by atoms with Crippen molar-refractivity contribution in [2.24, 2.45) is 11.7 Å². The summed E-state index contributed by atoms with van der Waals surface area (Å²) in [5, 5.41) is 4.23. The average Bonchev–Trinajstić information content (AvgIpc) is 3.40. The molecule has 1 aliphatic rings. The van der Waals surface area contributed by atoms with Crippen LogP contribution < -0.4 is 10.5 Å². The molecule has 9 heteroatoms. The molecular formula is C29H31ClN4O4. The minimum absolute atomic E-state index is 0.0216. The Bertz CT molecular complexity index is 1320. The summed E-state index contributed by atoms with van der Waals surface area (Å²) in [5.41, 5.74) is 7.90. The van der Waals surface area contributed by atoms with E-state index in [-0.39, 0.29) is 17.7 Å². The second kappa shape index (κ2) is 12.5. The molecule has 0 radical (unpaired) electrons. The van der Waals surface area contributed by atoms with E-state index in [4.69, 9.17) is 31.3 Å². The molecule has 1 amide bonds. The number of nitrogens with two attached hydrogens (primary N) is 1. The van der Waals surface area contributed by atoms with Crippen LogP contribution in [0.2, 0.25) is 0 Å². The van der Waals surface area contributed by atoms with Crippen LogP contribution in [-0.4, -0.2) is 47.8 Å². The van der Waals surface area contributed by atoms with Gasteiger partial charge in [0.25, 0.3) is 11.8 Å². The predicted octanol–water partition coefficient (Wildman–Crippen LogP) is 5.42. The summed E-state index contributed by atoms with van der Waals surface area (Å²) < 4.78 is 16.5. The van der Waals surface area contributed by atoms with Gasteiger partial charge in [-0.05, 0) is 67.5 Å². The van der Waals surface area contributed by atoms with Crippen molar-refractivity contribution < 1.29 is 18.8 Å². The second-order valence-electron chi connectivity index (χ2n) is 9.07. The van der Waals surface area contributed by atoms with Gasteiger partial charge < -0.3 is 24.6 Å². The fraction of sp³-hybridized carbons (Fsp3) is 0.276. The number of benzene rings is 2. The Labute approximate surface area is 227 Å². The van der Waals surface area contributed by atoms with Crippen molar-refractivity contribution in [3.63, 3.8) is 0 Å². The molecule has 8 nitrogen and oxygen atoms in total. The summed E-state index contributed by atoms with van der Waals surface area (Å²) >= 11 is 5.92. The van der Waals surface area contributed by atoms with Crippen molar-refractivity contribution >= 4 is 17.5 Å². The molecule has 2 aromatic carbocycles. The quantitative estimate of drug-likeness (QED) is 0.288. The third-order valence-corrected chi connectivity index (χ3v) is 6.82. The zero-order chi connectivity index (χ0) is 27.1. The van der Waals surface area contributed by atoms with Crippen LogP contribution in [0.3, 0.4) is 0 Å². The third kappa shape index (κ3) is 6.63. The second-order valence-corrected chi connectivity index (χ2v) is 9.50. The number of rotatable bonds is 9. The topological polar surface area (TPSA) is 104 Å². The van der Waals surface area contributed by atoms with Crippen molar-refractivity contribution in [2.45, 2.75) is 19.3 Å². The van der Waals surface area contributed by atoms with E-state index in [0.717, 1.165) is 23.3 Å². The third-order valence-electron chi connectivity index (χ3n) is 6.56. The van der Waals surface area contributed by atoms with E-state index < -0.39 is 0 Å². The van der Waals surface area contributed by atoms with Crippen LogP contribution in [0, 0.1) is 12.8 Å². The van der Waals surface area contributed by atoms with Gasteiger partial charge in [-0.15, -0.1) is 0 Å². The average molecular weight is 535 g/mol. The van der Waals surface area contributed by atoms with Gasteiger partial charge in [-0.25, -0.2) is 0 Å². The van der Waals surface area contributed by atoms with Crippen LogP contribution >= 0.6 is 11.6 Å². The van der Waals surface area contributed by atoms with Crippen molar-refractivity contribution in [3.05, 3.63) is 101 Å². The fourth-order valence-electron chi connectivity index (χ4n) is 4.46. The summed E-state index contributed by atoms with van der Waals surface area (Å²) in [6, 6.07) is 15.2. The maximum atomic E-state index is 13.5. The zero-order valence-corrected chi connectivity index (χ0v) is 22.2. The summed E-state index contributed by atoms with van der Waals surface area (Å²) in [6.45, 7) is 7.36. The molecule has 1 fully saturated rings. The van der Waals surface area contributed by atoms with Crippen LogP contribution in [0.15, 0.2) is 88.8 Å². The number of nitrogens with zero attached hydrogens (tertiary/aromatic N) is 3. The number of halogens is 1.